The summed E-state index contributed by atoms with van der Waals surface area (Å²) in [5.41, 5.74) is 1.15. The van der Waals surface area contributed by atoms with E-state index in [0.717, 1.165) is 12.0 Å². The predicted octanol–water partition coefficient (Wildman–Crippen LogP) is 3.64. The average molecular weight is 148 g/mol. The fourth-order valence-corrected chi connectivity index (χ4v) is 0.699. The molecule has 11 heavy (non-hydrogen) atoms. The Morgan fingerprint density at radius 3 is 2.64 bits per heavy atom. The van der Waals surface area contributed by atoms with Gasteiger partial charge in [-0.3, -0.25) is 0 Å². The van der Waals surface area contributed by atoms with Crippen LogP contribution in [0.1, 0.15) is 20.3 Å². The Kier molecular flexibility index (Phi) is 6.40. The van der Waals surface area contributed by atoms with Gasteiger partial charge in [-0.1, -0.05) is 50.0 Å². The number of rotatable bonds is 4. The molecule has 0 aromatic rings. The van der Waals surface area contributed by atoms with Gasteiger partial charge in [0, 0.05) is 0 Å². The fourth-order valence-electron chi connectivity index (χ4n) is 0.699. The normalized spacial score (nSPS) is 13.1. The van der Waals surface area contributed by atoms with E-state index >= 15 is 0 Å². The van der Waals surface area contributed by atoms with Gasteiger partial charge >= 0.3 is 0 Å². The van der Waals surface area contributed by atoms with Crippen LogP contribution in [0.2, 0.25) is 0 Å². The van der Waals surface area contributed by atoms with Crippen molar-refractivity contribution in [3.8, 4) is 0 Å². The van der Waals surface area contributed by atoms with Crippen molar-refractivity contribution in [2.24, 2.45) is 0 Å². The van der Waals surface area contributed by atoms with Gasteiger partial charge in [-0.2, -0.15) is 0 Å². The zero-order valence-electron chi connectivity index (χ0n) is 7.38. The van der Waals surface area contributed by atoms with E-state index in [1.807, 2.05) is 25.2 Å². The monoisotopic (exact) mass is 148 g/mol. The van der Waals surface area contributed by atoms with Gasteiger partial charge in [0.15, 0.2) is 0 Å². The molecule has 0 atom stereocenters. The summed E-state index contributed by atoms with van der Waals surface area (Å²) in [5, 5.41) is 0. The van der Waals surface area contributed by atoms with E-state index in [2.05, 4.69) is 31.7 Å². The molecule has 0 fully saturated rings. The molecule has 0 radical (unpaired) electrons. The molecule has 0 aromatic carbocycles. The molecule has 0 aliphatic carbocycles. The minimum Gasteiger partial charge on any atom is -0.0985 e. The highest BCUT2D eigenvalue weighted by atomic mass is 13.8. The lowest BCUT2D eigenvalue weighted by molar-refractivity contribution is 1.22. The number of hydrogen-bond acceptors (Lipinski definition) is 0. The van der Waals surface area contributed by atoms with Crippen LogP contribution in [-0.4, -0.2) is 0 Å². The van der Waals surface area contributed by atoms with Gasteiger partial charge in [-0.15, -0.1) is 0 Å². The summed E-state index contributed by atoms with van der Waals surface area (Å²) in [6.07, 6.45) is 13.2. The van der Waals surface area contributed by atoms with Crippen LogP contribution >= 0.6 is 0 Å². The molecule has 0 spiro atoms. The fraction of sp³-hybridized carbons (Fsp3) is 0.273. The van der Waals surface area contributed by atoms with Gasteiger partial charge in [-0.05, 0) is 18.9 Å². The van der Waals surface area contributed by atoms with Crippen LogP contribution < -0.4 is 0 Å². The summed E-state index contributed by atoms with van der Waals surface area (Å²) < 4.78 is 0. The van der Waals surface area contributed by atoms with Gasteiger partial charge in [0.1, 0.15) is 0 Å². The Labute approximate surface area is 69.6 Å². The molecule has 0 N–H and O–H groups in total. The summed E-state index contributed by atoms with van der Waals surface area (Å²) in [6, 6.07) is 0. The van der Waals surface area contributed by atoms with Crippen LogP contribution in [0.5, 0.6) is 0 Å². The Morgan fingerprint density at radius 2 is 2.18 bits per heavy atom. The number of allylic oxidation sites excluding steroid dienone is 7. The third kappa shape index (κ3) is 5.41. The molecule has 0 bridgehead atoms. The highest BCUT2D eigenvalue weighted by Gasteiger charge is 1.77. The van der Waals surface area contributed by atoms with Crippen molar-refractivity contribution in [3.63, 3.8) is 0 Å². The first kappa shape index (κ1) is 9.96. The summed E-state index contributed by atoms with van der Waals surface area (Å²) in [5.74, 6) is 0. The smallest absolute Gasteiger partial charge is 0.0266 e. The Hall–Kier alpha value is -1.04. The lowest BCUT2D eigenvalue weighted by Crippen LogP contribution is -1.66. The quantitative estimate of drug-likeness (QED) is 0.534. The standard InChI is InChI=1S/C11H16/c1-4-7-8-10-11(6-3)9-5-2/h5-10H,3-4H2,1-2H3/b8-7+,9-5+,11-10+. The predicted molar refractivity (Wildman–Crippen MR) is 52.5 cm³/mol. The van der Waals surface area contributed by atoms with E-state index in [9.17, 15) is 0 Å². The molecule has 0 saturated carbocycles. The van der Waals surface area contributed by atoms with E-state index in [1.54, 1.807) is 0 Å². The first-order valence-electron chi connectivity index (χ1n) is 3.97. The second-order valence-corrected chi connectivity index (χ2v) is 2.21. The average Bonchev–Trinajstić information content (AvgIpc) is 2.03. The molecule has 0 heteroatoms. The maximum absolute atomic E-state index is 3.70. The largest absolute Gasteiger partial charge is 0.0985 e. The molecule has 60 valence electrons. The van der Waals surface area contributed by atoms with E-state index in [1.165, 1.54) is 0 Å². The SMILES string of the molecule is C=CC(/C=C/C)=C\C=C\CC. The zero-order chi connectivity index (χ0) is 8.53. The second-order valence-electron chi connectivity index (χ2n) is 2.21. The molecule has 0 aliphatic rings. The Balaban J connectivity index is 4.11. The maximum atomic E-state index is 3.70. The van der Waals surface area contributed by atoms with Crippen LogP contribution in [0.3, 0.4) is 0 Å². The molecule has 0 aliphatic heterocycles. The van der Waals surface area contributed by atoms with Crippen molar-refractivity contribution in [2.45, 2.75) is 20.3 Å². The van der Waals surface area contributed by atoms with Gasteiger partial charge in [0.2, 0.25) is 0 Å². The van der Waals surface area contributed by atoms with Gasteiger partial charge in [0.05, 0.1) is 0 Å². The van der Waals surface area contributed by atoms with Crippen molar-refractivity contribution in [3.05, 3.63) is 48.6 Å². The molecule has 0 aromatic heterocycles. The highest BCUT2D eigenvalue weighted by Crippen LogP contribution is 1.98. The highest BCUT2D eigenvalue weighted by molar-refractivity contribution is 5.32. The first-order valence-corrected chi connectivity index (χ1v) is 3.97. The van der Waals surface area contributed by atoms with Crippen LogP contribution in [0.4, 0.5) is 0 Å². The topological polar surface area (TPSA) is 0 Å². The maximum Gasteiger partial charge on any atom is -0.0266 e. The van der Waals surface area contributed by atoms with Gasteiger partial charge in [0.25, 0.3) is 0 Å². The molecule has 0 amide bonds. The molecule has 0 saturated heterocycles. The first-order chi connectivity index (χ1) is 5.35. The molecule has 0 nitrogen and oxygen atoms in total. The van der Waals surface area contributed by atoms with Crippen LogP contribution in [0.15, 0.2) is 48.6 Å². The van der Waals surface area contributed by atoms with Gasteiger partial charge in [-0.25, -0.2) is 0 Å². The zero-order valence-corrected chi connectivity index (χ0v) is 7.38. The van der Waals surface area contributed by atoms with Crippen LogP contribution in [0.25, 0.3) is 0 Å². The molecular weight excluding hydrogens is 132 g/mol. The molecule has 0 heterocycles. The summed E-state index contributed by atoms with van der Waals surface area (Å²) >= 11 is 0. The number of hydrogen-bond donors (Lipinski definition) is 0. The van der Waals surface area contributed by atoms with E-state index < -0.39 is 0 Å². The van der Waals surface area contributed by atoms with E-state index in [4.69, 9.17) is 0 Å². The molecule has 0 unspecified atom stereocenters. The second kappa shape index (κ2) is 7.07. The third-order valence-electron chi connectivity index (χ3n) is 1.26. The molecule has 0 rings (SSSR count). The Bertz CT molecular complexity index is 180. The Morgan fingerprint density at radius 1 is 1.45 bits per heavy atom. The lowest BCUT2D eigenvalue weighted by Gasteiger charge is -1.87. The van der Waals surface area contributed by atoms with Crippen LogP contribution in [-0.2, 0) is 0 Å². The summed E-state index contributed by atoms with van der Waals surface area (Å²) in [6.45, 7) is 7.82. The summed E-state index contributed by atoms with van der Waals surface area (Å²) in [7, 11) is 0. The van der Waals surface area contributed by atoms with Crippen LogP contribution in [0, 0.1) is 0 Å². The molecular formula is C11H16. The van der Waals surface area contributed by atoms with E-state index in [-0.39, 0.29) is 0 Å². The van der Waals surface area contributed by atoms with E-state index in [0.29, 0.717) is 0 Å². The third-order valence-corrected chi connectivity index (χ3v) is 1.26. The van der Waals surface area contributed by atoms with Gasteiger partial charge < -0.3 is 0 Å². The minimum atomic E-state index is 1.08. The van der Waals surface area contributed by atoms with Crippen molar-refractivity contribution >= 4 is 0 Å². The lowest BCUT2D eigenvalue weighted by atomic mass is 10.2. The van der Waals surface area contributed by atoms with Crippen molar-refractivity contribution in [2.75, 3.05) is 0 Å². The summed E-state index contributed by atoms with van der Waals surface area (Å²) in [4.78, 5) is 0. The van der Waals surface area contributed by atoms with Crippen molar-refractivity contribution < 1.29 is 0 Å². The van der Waals surface area contributed by atoms with Crippen molar-refractivity contribution in [1.29, 1.82) is 0 Å². The van der Waals surface area contributed by atoms with Crippen molar-refractivity contribution in [1.82, 2.24) is 0 Å². The minimum absolute atomic E-state index is 1.08.